The zero-order valence-electron chi connectivity index (χ0n) is 17.7. The predicted octanol–water partition coefficient (Wildman–Crippen LogP) is 2.76. The highest BCUT2D eigenvalue weighted by Crippen LogP contribution is 2.41. The summed E-state index contributed by atoms with van der Waals surface area (Å²) in [6, 6.07) is 1.74. The highest BCUT2D eigenvalue weighted by molar-refractivity contribution is 5.95. The molecule has 1 aromatic heterocycles. The molecule has 1 aliphatic carbocycles. The number of aromatic nitrogens is 1. The first-order chi connectivity index (χ1) is 15.0. The van der Waals surface area contributed by atoms with E-state index in [0.29, 0.717) is 35.3 Å². The van der Waals surface area contributed by atoms with Crippen LogP contribution in [-0.2, 0) is 6.54 Å². The molecule has 166 valence electrons. The van der Waals surface area contributed by atoms with Crippen molar-refractivity contribution >= 4 is 16.9 Å². The molecule has 2 N–H and O–H groups in total. The number of nitrogens with zero attached hydrogens (tertiary/aromatic N) is 2. The molecule has 0 radical (unpaired) electrons. The van der Waals surface area contributed by atoms with Crippen LogP contribution in [0.15, 0.2) is 17.1 Å². The molecule has 2 atom stereocenters. The third-order valence-electron chi connectivity index (χ3n) is 7.07. The quantitative estimate of drug-likeness (QED) is 0.761. The Morgan fingerprint density at radius 3 is 2.84 bits per heavy atom. The maximum atomic E-state index is 15.3. The van der Waals surface area contributed by atoms with Crippen molar-refractivity contribution in [3.8, 4) is 5.75 Å². The van der Waals surface area contributed by atoms with Crippen LogP contribution in [0.5, 0.6) is 5.75 Å². The van der Waals surface area contributed by atoms with E-state index in [1.54, 1.807) is 4.57 Å². The van der Waals surface area contributed by atoms with Crippen molar-refractivity contribution in [3.05, 3.63) is 39.4 Å². The summed E-state index contributed by atoms with van der Waals surface area (Å²) in [7, 11) is 1.49. The van der Waals surface area contributed by atoms with Crippen LogP contribution in [0.2, 0.25) is 0 Å². The molecule has 5 rings (SSSR count). The summed E-state index contributed by atoms with van der Waals surface area (Å²) in [6.45, 7) is 3.19. The molecule has 1 saturated carbocycles. The lowest BCUT2D eigenvalue weighted by Gasteiger charge is -2.42. The number of hydrogen-bond acceptors (Lipinski definition) is 5. The first-order valence-electron chi connectivity index (χ1n) is 11.1. The Morgan fingerprint density at radius 1 is 1.32 bits per heavy atom. The maximum absolute atomic E-state index is 15.3. The number of rotatable bonds is 5. The van der Waals surface area contributed by atoms with Gasteiger partial charge in [0, 0.05) is 36.9 Å². The Kier molecular flexibility index (Phi) is 5.22. The number of hydrogen-bond donors (Lipinski definition) is 2. The van der Waals surface area contributed by atoms with Crippen molar-refractivity contribution in [2.45, 2.75) is 50.7 Å². The van der Waals surface area contributed by atoms with E-state index in [1.165, 1.54) is 32.2 Å². The van der Waals surface area contributed by atoms with E-state index in [0.717, 1.165) is 38.9 Å². The largest absolute Gasteiger partial charge is 0.494 e. The van der Waals surface area contributed by atoms with E-state index in [1.807, 2.05) is 0 Å². The molecule has 1 aromatic carbocycles. The van der Waals surface area contributed by atoms with Crippen LogP contribution in [-0.4, -0.2) is 53.3 Å². The van der Waals surface area contributed by atoms with E-state index in [-0.39, 0.29) is 17.0 Å². The van der Waals surface area contributed by atoms with Crippen LogP contribution >= 0.6 is 0 Å². The maximum Gasteiger partial charge on any atom is 0.341 e. The van der Waals surface area contributed by atoms with E-state index in [2.05, 4.69) is 10.2 Å². The second-order valence-electron chi connectivity index (χ2n) is 9.07. The molecule has 0 unspecified atom stereocenters. The minimum atomic E-state index is -1.30. The number of piperidine rings is 2. The third kappa shape index (κ3) is 3.61. The summed E-state index contributed by atoms with van der Waals surface area (Å²) in [5.41, 5.74) is -0.0716. The van der Waals surface area contributed by atoms with Gasteiger partial charge in [0.2, 0.25) is 5.43 Å². The van der Waals surface area contributed by atoms with Crippen molar-refractivity contribution < 1.29 is 19.0 Å². The van der Waals surface area contributed by atoms with Gasteiger partial charge in [0.25, 0.3) is 0 Å². The van der Waals surface area contributed by atoms with Crippen molar-refractivity contribution in [2.75, 3.05) is 26.7 Å². The van der Waals surface area contributed by atoms with E-state index in [4.69, 9.17) is 4.74 Å². The average molecular weight is 429 g/mol. The highest BCUT2D eigenvalue weighted by Gasteiger charge is 2.33. The summed E-state index contributed by atoms with van der Waals surface area (Å²) in [5, 5.41) is 13.1. The van der Waals surface area contributed by atoms with Crippen LogP contribution in [0.25, 0.3) is 10.9 Å². The number of carboxylic acid groups (broad SMARTS) is 1. The SMILES string of the molecule is COc1c(CN2CC[C@H]3CCCN[C@@H]3C2)c(F)cc2c(=O)c(C(=O)O)cn(C3CC3)c12. The standard InChI is InChI=1S/C23H28FN3O4/c1-31-22-16(10-26-8-6-13-3-2-7-25-19(13)12-26)18(24)9-15-20(22)27(14-4-5-14)11-17(21(15)28)23(29)30/h9,11,13-14,19,25H,2-8,10,12H2,1H3,(H,29,30)/t13-,19-/m1/s1. The molecule has 0 amide bonds. The number of ether oxygens (including phenoxy) is 1. The van der Waals surface area contributed by atoms with Crippen LogP contribution in [0.1, 0.15) is 54.1 Å². The summed E-state index contributed by atoms with van der Waals surface area (Å²) in [4.78, 5) is 26.7. The first-order valence-corrected chi connectivity index (χ1v) is 11.1. The summed E-state index contributed by atoms with van der Waals surface area (Å²) in [6.07, 6.45) is 6.74. The van der Waals surface area contributed by atoms with E-state index >= 15 is 4.39 Å². The van der Waals surface area contributed by atoms with Gasteiger partial charge in [-0.1, -0.05) is 0 Å². The van der Waals surface area contributed by atoms with E-state index < -0.39 is 17.2 Å². The highest BCUT2D eigenvalue weighted by atomic mass is 19.1. The van der Waals surface area contributed by atoms with Crippen molar-refractivity contribution in [1.29, 1.82) is 0 Å². The van der Waals surface area contributed by atoms with E-state index in [9.17, 15) is 14.7 Å². The monoisotopic (exact) mass is 429 g/mol. The fraction of sp³-hybridized carbons (Fsp3) is 0.565. The van der Waals surface area contributed by atoms with Gasteiger partial charge in [-0.2, -0.15) is 0 Å². The molecule has 7 nitrogen and oxygen atoms in total. The Labute approximate surface area is 179 Å². The number of fused-ring (bicyclic) bond motifs is 2. The third-order valence-corrected chi connectivity index (χ3v) is 7.07. The van der Waals surface area contributed by atoms with Crippen molar-refractivity contribution in [2.24, 2.45) is 5.92 Å². The van der Waals surface area contributed by atoms with Gasteiger partial charge in [-0.3, -0.25) is 9.69 Å². The van der Waals surface area contributed by atoms with Gasteiger partial charge in [-0.15, -0.1) is 0 Å². The Morgan fingerprint density at radius 2 is 2.13 bits per heavy atom. The number of methoxy groups -OCH3 is 1. The molecule has 2 saturated heterocycles. The number of benzene rings is 1. The number of likely N-dealkylation sites (tertiary alicyclic amines) is 1. The lowest BCUT2D eigenvalue weighted by atomic mass is 9.85. The molecule has 2 aliphatic heterocycles. The number of halogens is 1. The van der Waals surface area contributed by atoms with Gasteiger partial charge in [0.15, 0.2) is 5.75 Å². The zero-order chi connectivity index (χ0) is 21.7. The number of aromatic carboxylic acids is 1. The molecule has 31 heavy (non-hydrogen) atoms. The van der Waals surface area contributed by atoms with Gasteiger partial charge in [0.1, 0.15) is 11.4 Å². The van der Waals surface area contributed by atoms with Crippen LogP contribution in [0, 0.1) is 11.7 Å². The second-order valence-corrected chi connectivity index (χ2v) is 9.07. The lowest BCUT2D eigenvalue weighted by molar-refractivity contribution is 0.0695. The average Bonchev–Trinajstić information content (AvgIpc) is 3.60. The molecule has 3 fully saturated rings. The fourth-order valence-electron chi connectivity index (χ4n) is 5.32. The molecule has 8 heteroatoms. The normalized spacial score (nSPS) is 24.2. The van der Waals surface area contributed by atoms with Crippen LogP contribution < -0.4 is 15.5 Å². The molecule has 2 aromatic rings. The first kappa shape index (κ1) is 20.5. The summed E-state index contributed by atoms with van der Waals surface area (Å²) in [5.74, 6) is -0.796. The lowest BCUT2D eigenvalue weighted by Crippen LogP contribution is -2.53. The van der Waals surface area contributed by atoms with Gasteiger partial charge < -0.3 is 19.7 Å². The predicted molar refractivity (Wildman–Crippen MR) is 114 cm³/mol. The number of nitrogens with one attached hydrogen (secondary N) is 1. The van der Waals surface area contributed by atoms with Crippen LogP contribution in [0.4, 0.5) is 4.39 Å². The molecule has 3 heterocycles. The molecular formula is C23H28FN3O4. The minimum Gasteiger partial charge on any atom is -0.494 e. The summed E-state index contributed by atoms with van der Waals surface area (Å²) < 4.78 is 22.8. The Hall–Kier alpha value is -2.45. The Bertz CT molecular complexity index is 1090. The smallest absolute Gasteiger partial charge is 0.341 e. The number of carbonyl (C=O) groups is 1. The van der Waals surface area contributed by atoms with Gasteiger partial charge in [-0.25, -0.2) is 9.18 Å². The number of pyridine rings is 1. The second kappa shape index (κ2) is 7.91. The molecule has 0 bridgehead atoms. The number of carboxylic acids is 1. The van der Waals surface area contributed by atoms with Gasteiger partial charge >= 0.3 is 5.97 Å². The molecule has 0 spiro atoms. The minimum absolute atomic E-state index is 0.0672. The Balaban J connectivity index is 1.58. The van der Waals surface area contributed by atoms with Crippen LogP contribution in [0.3, 0.4) is 0 Å². The topological polar surface area (TPSA) is 83.8 Å². The fourth-order valence-corrected chi connectivity index (χ4v) is 5.32. The summed E-state index contributed by atoms with van der Waals surface area (Å²) >= 11 is 0. The molecular weight excluding hydrogens is 401 g/mol. The van der Waals surface area contributed by atoms with Crippen molar-refractivity contribution in [3.63, 3.8) is 0 Å². The van der Waals surface area contributed by atoms with Crippen molar-refractivity contribution in [1.82, 2.24) is 14.8 Å². The molecule has 3 aliphatic rings. The van der Waals surface area contributed by atoms with Gasteiger partial charge in [0.05, 0.1) is 18.0 Å². The van der Waals surface area contributed by atoms with Gasteiger partial charge in [-0.05, 0) is 57.2 Å². The zero-order valence-corrected chi connectivity index (χ0v) is 17.7.